The minimum atomic E-state index is -0.541. The fraction of sp³-hybridized carbons (Fsp3) is 0.179. The maximum Gasteiger partial charge on any atom is 0.311 e. The number of carbonyl (C=O) groups is 1. The lowest BCUT2D eigenvalue weighted by molar-refractivity contribution is -0.385. The van der Waals surface area contributed by atoms with Crippen molar-refractivity contribution >= 4 is 35.5 Å². The minimum absolute atomic E-state index is 0.137. The van der Waals surface area contributed by atoms with E-state index in [1.54, 1.807) is 43.5 Å². The molecule has 0 fully saturated rings. The lowest BCUT2D eigenvalue weighted by Crippen LogP contribution is -2.09. The van der Waals surface area contributed by atoms with E-state index in [1.807, 2.05) is 12.2 Å². The molecule has 0 atom stereocenters. The Morgan fingerprint density at radius 2 is 1.45 bits per heavy atom. The first-order valence-electron chi connectivity index (χ1n) is 11.3. The van der Waals surface area contributed by atoms with Crippen LogP contribution in [-0.4, -0.2) is 46.4 Å². The number of anilines is 1. The van der Waals surface area contributed by atoms with Gasteiger partial charge in [-0.1, -0.05) is 18.2 Å². The van der Waals surface area contributed by atoms with Gasteiger partial charge in [-0.25, -0.2) is 0 Å². The number of methoxy groups -OCH3 is 5. The van der Waals surface area contributed by atoms with Gasteiger partial charge in [0, 0.05) is 23.4 Å². The molecule has 0 saturated carbocycles. The van der Waals surface area contributed by atoms with E-state index in [-0.39, 0.29) is 11.4 Å². The SMILES string of the molecule is COc1ccc(NC(=O)/C=C/c2ccc(OC)c([N+](=O)[O-])c2)c(/C=C/c2cc(OC)c(OC)c(OC)c2)c1. The molecule has 0 spiro atoms. The van der Waals surface area contributed by atoms with Crippen molar-refractivity contribution in [2.24, 2.45) is 0 Å². The van der Waals surface area contributed by atoms with Crippen LogP contribution >= 0.6 is 0 Å². The molecule has 38 heavy (non-hydrogen) atoms. The summed E-state index contributed by atoms with van der Waals surface area (Å²) in [4.78, 5) is 23.4. The number of hydrogen-bond donors (Lipinski definition) is 1. The van der Waals surface area contributed by atoms with Gasteiger partial charge in [-0.15, -0.1) is 0 Å². The number of hydrogen-bond acceptors (Lipinski definition) is 8. The zero-order valence-electron chi connectivity index (χ0n) is 21.6. The van der Waals surface area contributed by atoms with Crippen LogP contribution in [0.4, 0.5) is 11.4 Å². The summed E-state index contributed by atoms with van der Waals surface area (Å²) in [5, 5.41) is 14.1. The van der Waals surface area contributed by atoms with E-state index in [9.17, 15) is 14.9 Å². The van der Waals surface area contributed by atoms with Gasteiger partial charge < -0.3 is 29.0 Å². The number of carbonyl (C=O) groups excluding carboxylic acids is 1. The molecule has 3 aromatic rings. The molecule has 0 aliphatic rings. The van der Waals surface area contributed by atoms with Gasteiger partial charge in [-0.05, 0) is 53.6 Å². The molecule has 1 N–H and O–H groups in total. The molecule has 0 aliphatic carbocycles. The molecule has 0 aliphatic heterocycles. The van der Waals surface area contributed by atoms with Crippen LogP contribution in [0.2, 0.25) is 0 Å². The second-order valence-corrected chi connectivity index (χ2v) is 7.76. The third kappa shape index (κ3) is 6.61. The van der Waals surface area contributed by atoms with E-state index in [1.165, 1.54) is 52.7 Å². The van der Waals surface area contributed by atoms with Crippen molar-refractivity contribution in [3.05, 3.63) is 81.4 Å². The number of nitro benzene ring substituents is 1. The highest BCUT2D eigenvalue weighted by Gasteiger charge is 2.15. The molecule has 198 valence electrons. The summed E-state index contributed by atoms with van der Waals surface area (Å²) in [5.41, 5.74) is 2.28. The van der Waals surface area contributed by atoms with Crippen molar-refractivity contribution in [1.82, 2.24) is 0 Å². The number of nitrogens with one attached hydrogen (secondary N) is 1. The van der Waals surface area contributed by atoms with Crippen molar-refractivity contribution < 1.29 is 33.4 Å². The van der Waals surface area contributed by atoms with Crippen molar-refractivity contribution in [3.63, 3.8) is 0 Å². The summed E-state index contributed by atoms with van der Waals surface area (Å²) >= 11 is 0. The summed E-state index contributed by atoms with van der Waals surface area (Å²) < 4.78 is 26.5. The molecule has 0 heterocycles. The first-order chi connectivity index (χ1) is 18.3. The van der Waals surface area contributed by atoms with E-state index >= 15 is 0 Å². The van der Waals surface area contributed by atoms with Crippen LogP contribution in [0.25, 0.3) is 18.2 Å². The molecule has 1 amide bonds. The second-order valence-electron chi connectivity index (χ2n) is 7.76. The smallest absolute Gasteiger partial charge is 0.311 e. The fourth-order valence-electron chi connectivity index (χ4n) is 3.60. The zero-order valence-corrected chi connectivity index (χ0v) is 21.6. The lowest BCUT2D eigenvalue weighted by Gasteiger charge is -2.13. The van der Waals surface area contributed by atoms with Gasteiger partial charge in [0.05, 0.1) is 40.5 Å². The molecule has 10 heteroatoms. The van der Waals surface area contributed by atoms with Gasteiger partial charge >= 0.3 is 5.69 Å². The predicted octanol–water partition coefficient (Wildman–Crippen LogP) is 5.46. The average Bonchev–Trinajstić information content (AvgIpc) is 2.94. The first-order valence-corrected chi connectivity index (χ1v) is 11.3. The highest BCUT2D eigenvalue weighted by Crippen LogP contribution is 2.39. The van der Waals surface area contributed by atoms with Crippen LogP contribution in [0, 0.1) is 10.1 Å². The number of nitro groups is 1. The Balaban J connectivity index is 1.87. The summed E-state index contributed by atoms with van der Waals surface area (Å²) in [6, 6.07) is 13.3. The van der Waals surface area contributed by atoms with Gasteiger partial charge in [0.15, 0.2) is 17.2 Å². The largest absolute Gasteiger partial charge is 0.497 e. The topological polar surface area (TPSA) is 118 Å². The Bertz CT molecular complexity index is 1360. The van der Waals surface area contributed by atoms with Gasteiger partial charge in [0.25, 0.3) is 0 Å². The normalized spacial score (nSPS) is 10.9. The Hall–Kier alpha value is -4.99. The number of amides is 1. The lowest BCUT2D eigenvalue weighted by atomic mass is 10.1. The van der Waals surface area contributed by atoms with E-state index < -0.39 is 10.8 Å². The quantitative estimate of drug-likeness (QED) is 0.153. The fourth-order valence-corrected chi connectivity index (χ4v) is 3.60. The highest BCUT2D eigenvalue weighted by atomic mass is 16.6. The molecule has 0 saturated heterocycles. The number of rotatable bonds is 11. The minimum Gasteiger partial charge on any atom is -0.497 e. The van der Waals surface area contributed by atoms with E-state index in [4.69, 9.17) is 23.7 Å². The maximum atomic E-state index is 12.7. The first kappa shape index (κ1) is 27.6. The third-order valence-electron chi connectivity index (χ3n) is 5.49. The molecule has 0 radical (unpaired) electrons. The zero-order chi connectivity index (χ0) is 27.7. The van der Waals surface area contributed by atoms with Crippen molar-refractivity contribution in [3.8, 4) is 28.7 Å². The Morgan fingerprint density at radius 1 is 0.763 bits per heavy atom. The van der Waals surface area contributed by atoms with E-state index in [2.05, 4.69) is 5.32 Å². The van der Waals surface area contributed by atoms with Crippen LogP contribution < -0.4 is 29.0 Å². The Labute approximate surface area is 220 Å². The molecule has 3 aromatic carbocycles. The van der Waals surface area contributed by atoms with Crippen LogP contribution in [0.1, 0.15) is 16.7 Å². The van der Waals surface area contributed by atoms with E-state index in [0.717, 1.165) is 5.56 Å². The standard InChI is InChI=1S/C28H28N2O8/c1-34-21-10-11-22(29-27(31)13-8-18-7-12-24(35-2)23(14-18)30(32)33)20(17-21)9-6-19-15-25(36-3)28(38-5)26(16-19)37-4/h6-17H,1-5H3,(H,29,31)/b9-6+,13-8+. The summed E-state index contributed by atoms with van der Waals surface area (Å²) in [6.45, 7) is 0. The molecule has 10 nitrogen and oxygen atoms in total. The summed E-state index contributed by atoms with van der Waals surface area (Å²) in [6.07, 6.45) is 6.43. The molecule has 0 aromatic heterocycles. The molecular formula is C28H28N2O8. The molecular weight excluding hydrogens is 492 g/mol. The molecule has 0 unspecified atom stereocenters. The van der Waals surface area contributed by atoms with Crippen LogP contribution in [0.5, 0.6) is 28.7 Å². The van der Waals surface area contributed by atoms with Gasteiger partial charge in [-0.3, -0.25) is 14.9 Å². The highest BCUT2D eigenvalue weighted by molar-refractivity contribution is 6.03. The van der Waals surface area contributed by atoms with Crippen LogP contribution in [0.3, 0.4) is 0 Å². The van der Waals surface area contributed by atoms with Crippen molar-refractivity contribution in [2.75, 3.05) is 40.9 Å². The number of benzene rings is 3. The van der Waals surface area contributed by atoms with Crippen molar-refractivity contribution in [2.45, 2.75) is 0 Å². The summed E-state index contributed by atoms with van der Waals surface area (Å²) in [7, 11) is 7.52. The third-order valence-corrected chi connectivity index (χ3v) is 5.49. The maximum absolute atomic E-state index is 12.7. The van der Waals surface area contributed by atoms with Crippen LogP contribution in [0.15, 0.2) is 54.6 Å². The molecule has 3 rings (SSSR count). The van der Waals surface area contributed by atoms with Crippen LogP contribution in [-0.2, 0) is 4.79 Å². The Kier molecular flexibility index (Phi) is 9.31. The Morgan fingerprint density at radius 3 is 2.03 bits per heavy atom. The monoisotopic (exact) mass is 520 g/mol. The van der Waals surface area contributed by atoms with Crippen molar-refractivity contribution in [1.29, 1.82) is 0 Å². The average molecular weight is 521 g/mol. The second kappa shape index (κ2) is 12.8. The van der Waals surface area contributed by atoms with E-state index in [0.29, 0.717) is 39.8 Å². The summed E-state index contributed by atoms with van der Waals surface area (Å²) in [5.74, 6) is 1.82. The van der Waals surface area contributed by atoms with Gasteiger partial charge in [-0.2, -0.15) is 0 Å². The number of nitrogens with zero attached hydrogens (tertiary/aromatic N) is 1. The molecule has 0 bridgehead atoms. The number of ether oxygens (including phenoxy) is 5. The predicted molar refractivity (Wildman–Crippen MR) is 145 cm³/mol. The van der Waals surface area contributed by atoms with Gasteiger partial charge in [0.1, 0.15) is 5.75 Å². The van der Waals surface area contributed by atoms with Gasteiger partial charge in [0.2, 0.25) is 11.7 Å².